The van der Waals surface area contributed by atoms with Gasteiger partial charge in [0.05, 0.1) is 0 Å². The fourth-order valence-electron chi connectivity index (χ4n) is 1.68. The lowest BCUT2D eigenvalue weighted by atomic mass is 10.0. The van der Waals surface area contributed by atoms with E-state index in [4.69, 9.17) is 17.3 Å². The van der Waals surface area contributed by atoms with Crippen molar-refractivity contribution in [1.82, 2.24) is 0 Å². The number of halogens is 1. The van der Waals surface area contributed by atoms with Gasteiger partial charge < -0.3 is 5.73 Å². The third kappa shape index (κ3) is 2.42. The average Bonchev–Trinajstić information content (AvgIpc) is 2.17. The van der Waals surface area contributed by atoms with Crippen LogP contribution < -0.4 is 5.73 Å². The van der Waals surface area contributed by atoms with Crippen LogP contribution in [0.3, 0.4) is 0 Å². The van der Waals surface area contributed by atoms with Crippen molar-refractivity contribution < 1.29 is 0 Å². The zero-order valence-electron chi connectivity index (χ0n) is 8.94. The maximum absolute atomic E-state index is 6.10. The van der Waals surface area contributed by atoms with Gasteiger partial charge in [-0.05, 0) is 30.0 Å². The maximum Gasteiger partial charge on any atom is 0.0458 e. The Labute approximate surface area is 91.3 Å². The third-order valence-electron chi connectivity index (χ3n) is 2.41. The van der Waals surface area contributed by atoms with Gasteiger partial charge in [0.2, 0.25) is 0 Å². The van der Waals surface area contributed by atoms with Gasteiger partial charge in [-0.15, -0.1) is 0 Å². The van der Waals surface area contributed by atoms with Crippen molar-refractivity contribution in [2.24, 2.45) is 0 Å². The molecular formula is C12H18ClN. The summed E-state index contributed by atoms with van der Waals surface area (Å²) in [5, 5.41) is 0.809. The lowest BCUT2D eigenvalue weighted by Gasteiger charge is -2.11. The first kappa shape index (κ1) is 11.4. The van der Waals surface area contributed by atoms with E-state index in [1.165, 1.54) is 5.56 Å². The number of hydrogen-bond donors (Lipinski definition) is 1. The molecule has 78 valence electrons. The monoisotopic (exact) mass is 211 g/mol. The van der Waals surface area contributed by atoms with Gasteiger partial charge in [-0.2, -0.15) is 0 Å². The summed E-state index contributed by atoms with van der Waals surface area (Å²) in [6.45, 7) is 4.30. The smallest absolute Gasteiger partial charge is 0.0458 e. The number of rotatable bonds is 4. The minimum absolute atomic E-state index is 0.809. The van der Waals surface area contributed by atoms with Crippen LogP contribution in [-0.2, 0) is 12.8 Å². The average molecular weight is 212 g/mol. The van der Waals surface area contributed by atoms with E-state index in [1.54, 1.807) is 0 Å². The summed E-state index contributed by atoms with van der Waals surface area (Å²) in [7, 11) is 0. The Kier molecular flexibility index (Phi) is 4.27. The molecule has 0 aliphatic carbocycles. The van der Waals surface area contributed by atoms with Crippen LogP contribution in [0.5, 0.6) is 0 Å². The minimum Gasteiger partial charge on any atom is -0.398 e. The van der Waals surface area contributed by atoms with Crippen molar-refractivity contribution in [3.8, 4) is 0 Å². The molecule has 1 aromatic carbocycles. The normalized spacial score (nSPS) is 10.5. The van der Waals surface area contributed by atoms with E-state index in [0.717, 1.165) is 42.0 Å². The van der Waals surface area contributed by atoms with Crippen molar-refractivity contribution in [2.45, 2.75) is 39.5 Å². The van der Waals surface area contributed by atoms with Crippen molar-refractivity contribution in [3.63, 3.8) is 0 Å². The number of aryl methyl sites for hydroxylation is 1. The molecule has 0 radical (unpaired) electrons. The van der Waals surface area contributed by atoms with Crippen LogP contribution in [0, 0.1) is 0 Å². The predicted molar refractivity (Wildman–Crippen MR) is 63.9 cm³/mol. The first-order valence-electron chi connectivity index (χ1n) is 5.26. The predicted octanol–water partition coefficient (Wildman–Crippen LogP) is 3.83. The highest BCUT2D eigenvalue weighted by molar-refractivity contribution is 6.31. The van der Waals surface area contributed by atoms with Crippen molar-refractivity contribution >= 4 is 17.3 Å². The van der Waals surface area contributed by atoms with E-state index < -0.39 is 0 Å². The second-order valence-electron chi connectivity index (χ2n) is 3.60. The summed E-state index contributed by atoms with van der Waals surface area (Å²) in [5.74, 6) is 0. The molecular weight excluding hydrogens is 194 g/mol. The maximum atomic E-state index is 6.10. The summed E-state index contributed by atoms with van der Waals surface area (Å²) in [6, 6.07) is 4.01. The molecule has 1 nitrogen and oxygen atoms in total. The SMILES string of the molecule is CCCc1ccc(Cl)c(CCC)c1N. The lowest BCUT2D eigenvalue weighted by Crippen LogP contribution is -2.00. The Hall–Kier alpha value is -0.690. The number of hydrogen-bond acceptors (Lipinski definition) is 1. The fraction of sp³-hybridized carbons (Fsp3) is 0.500. The topological polar surface area (TPSA) is 26.0 Å². The first-order valence-corrected chi connectivity index (χ1v) is 5.64. The number of anilines is 1. The molecule has 2 N–H and O–H groups in total. The van der Waals surface area contributed by atoms with E-state index in [0.29, 0.717) is 0 Å². The quantitative estimate of drug-likeness (QED) is 0.753. The first-order chi connectivity index (χ1) is 6.70. The van der Waals surface area contributed by atoms with Gasteiger partial charge in [0.15, 0.2) is 0 Å². The Morgan fingerprint density at radius 1 is 1.14 bits per heavy atom. The van der Waals surface area contributed by atoms with Gasteiger partial charge in [0, 0.05) is 10.7 Å². The van der Waals surface area contributed by atoms with Gasteiger partial charge in [-0.3, -0.25) is 0 Å². The molecule has 0 amide bonds. The highest BCUT2D eigenvalue weighted by atomic mass is 35.5. The number of benzene rings is 1. The molecule has 0 saturated carbocycles. The molecule has 0 heterocycles. The zero-order chi connectivity index (χ0) is 10.6. The fourth-order valence-corrected chi connectivity index (χ4v) is 1.94. The molecule has 2 heteroatoms. The largest absolute Gasteiger partial charge is 0.398 e. The van der Waals surface area contributed by atoms with Crippen LogP contribution in [0.4, 0.5) is 5.69 Å². The van der Waals surface area contributed by atoms with Crippen LogP contribution in [0.2, 0.25) is 5.02 Å². The summed E-state index contributed by atoms with van der Waals surface area (Å²) in [5.41, 5.74) is 9.34. The van der Waals surface area contributed by atoms with Crippen molar-refractivity contribution in [2.75, 3.05) is 5.73 Å². The van der Waals surface area contributed by atoms with Crippen LogP contribution >= 0.6 is 11.6 Å². The summed E-state index contributed by atoms with van der Waals surface area (Å²) >= 11 is 6.10. The number of nitrogen functional groups attached to an aromatic ring is 1. The molecule has 0 spiro atoms. The Morgan fingerprint density at radius 3 is 2.36 bits per heavy atom. The van der Waals surface area contributed by atoms with Gasteiger partial charge in [0.25, 0.3) is 0 Å². The zero-order valence-corrected chi connectivity index (χ0v) is 9.69. The Morgan fingerprint density at radius 2 is 1.79 bits per heavy atom. The Balaban J connectivity index is 3.05. The van der Waals surface area contributed by atoms with E-state index in [9.17, 15) is 0 Å². The Bertz CT molecular complexity index is 307. The van der Waals surface area contributed by atoms with Crippen molar-refractivity contribution in [1.29, 1.82) is 0 Å². The molecule has 0 aromatic heterocycles. The summed E-state index contributed by atoms with van der Waals surface area (Å²) in [6.07, 6.45) is 4.22. The number of nitrogens with two attached hydrogens (primary N) is 1. The summed E-state index contributed by atoms with van der Waals surface area (Å²) < 4.78 is 0. The van der Waals surface area contributed by atoms with E-state index in [1.807, 2.05) is 12.1 Å². The molecule has 14 heavy (non-hydrogen) atoms. The highest BCUT2D eigenvalue weighted by Gasteiger charge is 2.07. The third-order valence-corrected chi connectivity index (χ3v) is 2.76. The molecule has 0 fully saturated rings. The standard InChI is InChI=1S/C12H18ClN/c1-3-5-9-7-8-11(13)10(6-4-2)12(9)14/h7-8H,3-6,14H2,1-2H3. The summed E-state index contributed by atoms with van der Waals surface area (Å²) in [4.78, 5) is 0. The van der Waals surface area contributed by atoms with Crippen LogP contribution in [0.25, 0.3) is 0 Å². The molecule has 0 bridgehead atoms. The van der Waals surface area contributed by atoms with E-state index in [-0.39, 0.29) is 0 Å². The van der Waals surface area contributed by atoms with Gasteiger partial charge in [-0.25, -0.2) is 0 Å². The lowest BCUT2D eigenvalue weighted by molar-refractivity contribution is 0.900. The molecule has 1 rings (SSSR count). The second kappa shape index (κ2) is 5.26. The molecule has 0 aliphatic heterocycles. The highest BCUT2D eigenvalue weighted by Crippen LogP contribution is 2.27. The van der Waals surface area contributed by atoms with Gasteiger partial charge >= 0.3 is 0 Å². The van der Waals surface area contributed by atoms with Crippen LogP contribution in [-0.4, -0.2) is 0 Å². The van der Waals surface area contributed by atoms with E-state index in [2.05, 4.69) is 13.8 Å². The molecule has 0 aliphatic rings. The van der Waals surface area contributed by atoms with Crippen molar-refractivity contribution in [3.05, 3.63) is 28.3 Å². The molecule has 0 saturated heterocycles. The van der Waals surface area contributed by atoms with Crippen LogP contribution in [0.1, 0.15) is 37.8 Å². The van der Waals surface area contributed by atoms with Gasteiger partial charge in [-0.1, -0.05) is 44.4 Å². The second-order valence-corrected chi connectivity index (χ2v) is 4.01. The van der Waals surface area contributed by atoms with E-state index >= 15 is 0 Å². The molecule has 0 unspecified atom stereocenters. The van der Waals surface area contributed by atoms with Gasteiger partial charge in [0.1, 0.15) is 0 Å². The van der Waals surface area contributed by atoms with Crippen LogP contribution in [0.15, 0.2) is 12.1 Å². The molecule has 1 aromatic rings. The minimum atomic E-state index is 0.809. The molecule has 0 atom stereocenters.